The Hall–Kier alpha value is -4.69. The largest absolute Gasteiger partial charge is 0.494 e. The molecule has 0 fully saturated rings. The van der Waals surface area contributed by atoms with Gasteiger partial charge in [-0.1, -0.05) is 44.2 Å². The Kier molecular flexibility index (Phi) is 10.4. The van der Waals surface area contributed by atoms with Crippen molar-refractivity contribution in [2.75, 3.05) is 13.2 Å². The minimum Gasteiger partial charge on any atom is -0.494 e. The van der Waals surface area contributed by atoms with Gasteiger partial charge in [-0.2, -0.15) is 15.0 Å². The number of hydrogen-bond acceptors (Lipinski definition) is 7. The lowest BCUT2D eigenvalue weighted by atomic mass is 9.96. The topological polar surface area (TPSA) is 98.7 Å². The molecule has 8 nitrogen and oxygen atoms in total. The summed E-state index contributed by atoms with van der Waals surface area (Å²) in [5, 5.41) is 14.7. The van der Waals surface area contributed by atoms with Crippen molar-refractivity contribution in [3.8, 4) is 34.7 Å². The molecule has 0 aliphatic rings. The van der Waals surface area contributed by atoms with Gasteiger partial charge in [0.1, 0.15) is 12.4 Å². The zero-order valence-corrected chi connectivity index (χ0v) is 28.7. The minimum absolute atomic E-state index is 0.193. The van der Waals surface area contributed by atoms with Crippen molar-refractivity contribution in [3.63, 3.8) is 0 Å². The highest BCUT2D eigenvalue weighted by Gasteiger charge is 2.19. The molecule has 4 aromatic carbocycles. The van der Waals surface area contributed by atoms with E-state index in [0.29, 0.717) is 47.0 Å². The summed E-state index contributed by atoms with van der Waals surface area (Å²) in [7, 11) is 0. The average molecular weight is 727 g/mol. The molecule has 46 heavy (non-hydrogen) atoms. The van der Waals surface area contributed by atoms with Crippen LogP contribution in [0.15, 0.2) is 82.7 Å². The highest BCUT2D eigenvalue weighted by atomic mass is 127. The Balaban J connectivity index is 1.60. The van der Waals surface area contributed by atoms with Gasteiger partial charge in [-0.15, -0.1) is 0 Å². The standard InChI is InChI=1S/C37H35IN4O4/c1-6-44-33-16-24(5)30(19-29(33)23(3)4)36-41-32-15-11-10-14-28(32)37(43)42(36)40-21-25-17-31(38)35(34(18-25)45-7-2)46-22-27-13-9-8-12-26(27)20-39/h8-19,21,23H,6-7,22H2,1-5H3. The first-order valence-corrected chi connectivity index (χ1v) is 16.2. The summed E-state index contributed by atoms with van der Waals surface area (Å²) >= 11 is 2.20. The third kappa shape index (κ3) is 6.92. The molecule has 0 saturated heterocycles. The van der Waals surface area contributed by atoms with Crippen LogP contribution < -0.4 is 19.8 Å². The van der Waals surface area contributed by atoms with E-state index >= 15 is 0 Å². The summed E-state index contributed by atoms with van der Waals surface area (Å²) in [6.07, 6.45) is 1.63. The van der Waals surface area contributed by atoms with Gasteiger partial charge in [-0.25, -0.2) is 4.98 Å². The van der Waals surface area contributed by atoms with Crippen LogP contribution in [-0.2, 0) is 6.61 Å². The zero-order chi connectivity index (χ0) is 32.8. The van der Waals surface area contributed by atoms with Gasteiger partial charge in [0.25, 0.3) is 5.56 Å². The summed E-state index contributed by atoms with van der Waals surface area (Å²) in [6, 6.07) is 24.7. The summed E-state index contributed by atoms with van der Waals surface area (Å²) in [5.74, 6) is 2.58. The fourth-order valence-corrected chi connectivity index (χ4v) is 5.95. The molecule has 0 amide bonds. The first-order valence-electron chi connectivity index (χ1n) is 15.2. The van der Waals surface area contributed by atoms with Crippen LogP contribution in [0.1, 0.15) is 61.4 Å². The van der Waals surface area contributed by atoms with Crippen LogP contribution in [0.3, 0.4) is 0 Å². The predicted octanol–water partition coefficient (Wildman–Crippen LogP) is 8.23. The first-order chi connectivity index (χ1) is 22.2. The number of halogens is 1. The molecule has 0 saturated carbocycles. The fraction of sp³-hybridized carbons (Fsp3) is 0.243. The lowest BCUT2D eigenvalue weighted by Gasteiger charge is -2.18. The van der Waals surface area contributed by atoms with Crippen LogP contribution >= 0.6 is 22.6 Å². The highest BCUT2D eigenvalue weighted by molar-refractivity contribution is 14.1. The molecule has 0 radical (unpaired) electrons. The third-order valence-electron chi connectivity index (χ3n) is 7.44. The van der Waals surface area contributed by atoms with Crippen LogP contribution in [0.5, 0.6) is 17.2 Å². The maximum absolute atomic E-state index is 13.9. The predicted molar refractivity (Wildman–Crippen MR) is 190 cm³/mol. The third-order valence-corrected chi connectivity index (χ3v) is 8.24. The van der Waals surface area contributed by atoms with E-state index in [-0.39, 0.29) is 18.1 Å². The van der Waals surface area contributed by atoms with Gasteiger partial charge >= 0.3 is 0 Å². The number of ether oxygens (including phenoxy) is 3. The summed E-state index contributed by atoms with van der Waals surface area (Å²) in [5.41, 5.74) is 5.15. The normalized spacial score (nSPS) is 11.3. The number of nitrogens with zero attached hydrogens (tertiary/aromatic N) is 4. The second-order valence-electron chi connectivity index (χ2n) is 10.9. The fourth-order valence-electron chi connectivity index (χ4n) is 5.17. The molecule has 1 aromatic heterocycles. The Morgan fingerprint density at radius 2 is 1.70 bits per heavy atom. The zero-order valence-electron chi connectivity index (χ0n) is 26.5. The molecule has 1 heterocycles. The first kappa shape index (κ1) is 32.7. The molecular formula is C37H35IN4O4. The van der Waals surface area contributed by atoms with Crippen LogP contribution in [0.4, 0.5) is 0 Å². The monoisotopic (exact) mass is 726 g/mol. The van der Waals surface area contributed by atoms with Crippen molar-refractivity contribution >= 4 is 39.7 Å². The van der Waals surface area contributed by atoms with Crippen molar-refractivity contribution < 1.29 is 14.2 Å². The maximum Gasteiger partial charge on any atom is 0.282 e. The smallest absolute Gasteiger partial charge is 0.282 e. The molecule has 0 aliphatic heterocycles. The molecule has 0 N–H and O–H groups in total. The molecule has 0 bridgehead atoms. The van der Waals surface area contributed by atoms with Crippen LogP contribution in [0, 0.1) is 21.8 Å². The van der Waals surface area contributed by atoms with Crippen LogP contribution in [0.25, 0.3) is 22.3 Å². The number of benzene rings is 4. The summed E-state index contributed by atoms with van der Waals surface area (Å²) in [6.45, 7) is 11.3. The molecular weight excluding hydrogens is 691 g/mol. The van der Waals surface area contributed by atoms with Crippen molar-refractivity contribution in [3.05, 3.63) is 115 Å². The van der Waals surface area contributed by atoms with Gasteiger partial charge in [0.05, 0.1) is 45.5 Å². The Morgan fingerprint density at radius 1 is 0.978 bits per heavy atom. The van der Waals surface area contributed by atoms with Crippen molar-refractivity contribution in [2.24, 2.45) is 5.10 Å². The lowest BCUT2D eigenvalue weighted by molar-refractivity contribution is 0.267. The van der Waals surface area contributed by atoms with E-state index < -0.39 is 0 Å². The number of rotatable bonds is 11. The Morgan fingerprint density at radius 3 is 2.43 bits per heavy atom. The van der Waals surface area contributed by atoms with E-state index in [1.807, 2.05) is 75.4 Å². The quantitative estimate of drug-likeness (QED) is 0.101. The molecule has 5 rings (SSSR count). The SMILES string of the molecule is CCOc1cc(C)c(-c2nc3ccccc3c(=O)n2N=Cc2cc(I)c(OCc3ccccc3C#N)c(OCC)c2)cc1C(C)C. The molecule has 0 atom stereocenters. The average Bonchev–Trinajstić information content (AvgIpc) is 3.04. The second kappa shape index (κ2) is 14.6. The number of aryl methyl sites for hydroxylation is 1. The molecule has 234 valence electrons. The lowest BCUT2D eigenvalue weighted by Crippen LogP contribution is -2.21. The van der Waals surface area contributed by atoms with Gasteiger partial charge in [-0.05, 0) is 108 Å². The Labute approximate surface area is 282 Å². The molecule has 9 heteroatoms. The van der Waals surface area contributed by atoms with E-state index in [0.717, 1.165) is 37.1 Å². The number of fused-ring (bicyclic) bond motifs is 1. The minimum atomic E-state index is -0.271. The molecule has 0 unspecified atom stereocenters. The van der Waals surface area contributed by atoms with Gasteiger partial charge in [0.2, 0.25) is 0 Å². The number of aromatic nitrogens is 2. The molecule has 0 aliphatic carbocycles. The van der Waals surface area contributed by atoms with E-state index in [2.05, 4.69) is 48.6 Å². The van der Waals surface area contributed by atoms with E-state index in [9.17, 15) is 10.1 Å². The van der Waals surface area contributed by atoms with Gasteiger partial charge < -0.3 is 14.2 Å². The van der Waals surface area contributed by atoms with Crippen molar-refractivity contribution in [2.45, 2.75) is 47.1 Å². The second-order valence-corrected chi connectivity index (χ2v) is 12.1. The van der Waals surface area contributed by atoms with Crippen LogP contribution in [0.2, 0.25) is 0 Å². The van der Waals surface area contributed by atoms with E-state index in [4.69, 9.17) is 24.3 Å². The number of hydrogen-bond donors (Lipinski definition) is 0. The number of para-hydroxylation sites is 1. The number of nitriles is 1. The van der Waals surface area contributed by atoms with Crippen molar-refractivity contribution in [1.82, 2.24) is 9.66 Å². The Bertz CT molecular complexity index is 2030. The van der Waals surface area contributed by atoms with E-state index in [1.165, 1.54) is 4.68 Å². The molecule has 5 aromatic rings. The van der Waals surface area contributed by atoms with Gasteiger partial charge in [0, 0.05) is 11.1 Å². The van der Waals surface area contributed by atoms with E-state index in [1.54, 1.807) is 18.3 Å². The summed E-state index contributed by atoms with van der Waals surface area (Å²) in [4.78, 5) is 18.9. The van der Waals surface area contributed by atoms with Crippen molar-refractivity contribution in [1.29, 1.82) is 5.26 Å². The van der Waals surface area contributed by atoms with Crippen LogP contribution in [-0.4, -0.2) is 29.1 Å². The summed E-state index contributed by atoms with van der Waals surface area (Å²) < 4.78 is 20.3. The maximum atomic E-state index is 13.9. The highest BCUT2D eigenvalue weighted by Crippen LogP contribution is 2.36. The van der Waals surface area contributed by atoms with Gasteiger partial charge in [0.15, 0.2) is 17.3 Å². The molecule has 0 spiro atoms. The van der Waals surface area contributed by atoms with Gasteiger partial charge in [-0.3, -0.25) is 4.79 Å².